The van der Waals surface area contributed by atoms with Crippen LogP contribution in [-0.2, 0) is 6.42 Å². The van der Waals surface area contributed by atoms with Gasteiger partial charge in [-0.2, -0.15) is 0 Å². The first-order valence-corrected chi connectivity index (χ1v) is 5.30. The first-order valence-electron chi connectivity index (χ1n) is 5.30. The molecule has 0 heterocycles. The second-order valence-electron chi connectivity index (χ2n) is 3.85. The Morgan fingerprint density at radius 3 is 2.44 bits per heavy atom. The maximum Gasteiger partial charge on any atom is 0.123 e. The highest BCUT2D eigenvalue weighted by molar-refractivity contribution is 5.23. The lowest BCUT2D eigenvalue weighted by molar-refractivity contribution is 0.618. The zero-order valence-corrected chi connectivity index (χ0v) is 8.94. The minimum atomic E-state index is -0.235. The van der Waals surface area contributed by atoms with Crippen molar-refractivity contribution < 1.29 is 4.39 Å². The molecule has 16 heavy (non-hydrogen) atoms. The van der Waals surface area contributed by atoms with E-state index < -0.39 is 0 Å². The van der Waals surface area contributed by atoms with Gasteiger partial charge in [-0.25, -0.2) is 4.39 Å². The van der Waals surface area contributed by atoms with Gasteiger partial charge in [0.05, 0.1) is 0 Å². The van der Waals surface area contributed by atoms with Crippen LogP contribution in [0.5, 0.6) is 0 Å². The number of hydrogen-bond donors (Lipinski definition) is 1. The van der Waals surface area contributed by atoms with E-state index >= 15 is 0 Å². The van der Waals surface area contributed by atoms with Crippen LogP contribution in [-0.4, -0.2) is 0 Å². The second kappa shape index (κ2) is 4.90. The highest BCUT2D eigenvalue weighted by Crippen LogP contribution is 2.16. The predicted molar refractivity (Wildman–Crippen MR) is 63.5 cm³/mol. The van der Waals surface area contributed by atoms with E-state index in [0.717, 1.165) is 12.0 Å². The number of halogens is 1. The molecule has 0 aliphatic rings. The lowest BCUT2D eigenvalue weighted by Gasteiger charge is -2.12. The average molecular weight is 215 g/mol. The summed E-state index contributed by atoms with van der Waals surface area (Å²) in [4.78, 5) is 0. The number of rotatable bonds is 3. The molecule has 2 aromatic carbocycles. The monoisotopic (exact) mass is 215 g/mol. The molecule has 0 fully saturated rings. The summed E-state index contributed by atoms with van der Waals surface area (Å²) >= 11 is 0. The Kier molecular flexibility index (Phi) is 3.32. The van der Waals surface area contributed by atoms with Gasteiger partial charge in [-0.3, -0.25) is 0 Å². The normalized spacial score (nSPS) is 12.4. The van der Waals surface area contributed by atoms with Crippen molar-refractivity contribution >= 4 is 0 Å². The Hall–Kier alpha value is -1.67. The largest absolute Gasteiger partial charge is 0.324 e. The van der Waals surface area contributed by atoms with Crippen LogP contribution in [0.15, 0.2) is 54.6 Å². The molecule has 1 atom stereocenters. The number of nitrogens with two attached hydrogens (primary N) is 1. The SMILES string of the molecule is N[C@H](Cc1ccccc1)c1cccc(F)c1. The minimum absolute atomic E-state index is 0.155. The van der Waals surface area contributed by atoms with Crippen molar-refractivity contribution in [1.29, 1.82) is 0 Å². The molecule has 0 amide bonds. The van der Waals surface area contributed by atoms with Crippen LogP contribution in [0, 0.1) is 5.82 Å². The van der Waals surface area contributed by atoms with Gasteiger partial charge in [-0.05, 0) is 29.7 Å². The molecule has 0 aliphatic carbocycles. The fourth-order valence-corrected chi connectivity index (χ4v) is 1.72. The van der Waals surface area contributed by atoms with Crippen LogP contribution in [0.2, 0.25) is 0 Å². The Morgan fingerprint density at radius 1 is 1.00 bits per heavy atom. The Balaban J connectivity index is 2.12. The molecule has 0 aliphatic heterocycles. The highest BCUT2D eigenvalue weighted by atomic mass is 19.1. The summed E-state index contributed by atoms with van der Waals surface area (Å²) in [5, 5.41) is 0. The Morgan fingerprint density at radius 2 is 1.75 bits per heavy atom. The standard InChI is InChI=1S/C14H14FN/c15-13-8-4-7-12(10-13)14(16)9-11-5-2-1-3-6-11/h1-8,10,14H,9,16H2/t14-/m1/s1. The van der Waals surface area contributed by atoms with Crippen molar-refractivity contribution in [2.45, 2.75) is 12.5 Å². The van der Waals surface area contributed by atoms with Gasteiger partial charge in [0.15, 0.2) is 0 Å². The molecule has 0 saturated heterocycles. The van der Waals surface area contributed by atoms with E-state index in [-0.39, 0.29) is 11.9 Å². The van der Waals surface area contributed by atoms with Gasteiger partial charge in [0.2, 0.25) is 0 Å². The van der Waals surface area contributed by atoms with Crippen molar-refractivity contribution in [3.63, 3.8) is 0 Å². The number of benzene rings is 2. The van der Waals surface area contributed by atoms with E-state index in [1.807, 2.05) is 36.4 Å². The maximum absolute atomic E-state index is 13.0. The van der Waals surface area contributed by atoms with Gasteiger partial charge >= 0.3 is 0 Å². The van der Waals surface area contributed by atoms with Crippen molar-refractivity contribution in [2.75, 3.05) is 0 Å². The van der Waals surface area contributed by atoms with Gasteiger partial charge in [0, 0.05) is 6.04 Å². The smallest absolute Gasteiger partial charge is 0.123 e. The Bertz CT molecular complexity index is 453. The summed E-state index contributed by atoms with van der Waals surface area (Å²) in [5.74, 6) is -0.235. The van der Waals surface area contributed by atoms with Crippen LogP contribution in [0.25, 0.3) is 0 Å². The third-order valence-electron chi connectivity index (χ3n) is 2.58. The quantitative estimate of drug-likeness (QED) is 0.836. The van der Waals surface area contributed by atoms with Crippen molar-refractivity contribution in [2.24, 2.45) is 5.73 Å². The fraction of sp³-hybridized carbons (Fsp3) is 0.143. The second-order valence-corrected chi connectivity index (χ2v) is 3.85. The van der Waals surface area contributed by atoms with Gasteiger partial charge in [0.1, 0.15) is 5.82 Å². The highest BCUT2D eigenvalue weighted by Gasteiger charge is 2.07. The van der Waals surface area contributed by atoms with Crippen LogP contribution in [0.4, 0.5) is 4.39 Å². The summed E-state index contributed by atoms with van der Waals surface area (Å²) in [6, 6.07) is 16.3. The molecule has 0 spiro atoms. The van der Waals surface area contributed by atoms with Gasteiger partial charge in [-0.15, -0.1) is 0 Å². The van der Waals surface area contributed by atoms with Gasteiger partial charge in [-0.1, -0.05) is 42.5 Å². The van der Waals surface area contributed by atoms with Gasteiger partial charge in [0.25, 0.3) is 0 Å². The summed E-state index contributed by atoms with van der Waals surface area (Å²) in [6.07, 6.45) is 0.726. The third kappa shape index (κ3) is 2.67. The lowest BCUT2D eigenvalue weighted by atomic mass is 10.00. The molecule has 0 bridgehead atoms. The van der Waals surface area contributed by atoms with Crippen LogP contribution in [0.1, 0.15) is 17.2 Å². The number of hydrogen-bond acceptors (Lipinski definition) is 1. The van der Waals surface area contributed by atoms with Crippen molar-refractivity contribution in [3.05, 3.63) is 71.5 Å². The average Bonchev–Trinajstić information content (AvgIpc) is 2.30. The molecule has 2 rings (SSSR count). The lowest BCUT2D eigenvalue weighted by Crippen LogP contribution is -2.13. The predicted octanol–water partition coefficient (Wildman–Crippen LogP) is 3.07. The zero-order chi connectivity index (χ0) is 11.4. The van der Waals surface area contributed by atoms with E-state index in [1.165, 1.54) is 17.7 Å². The molecule has 1 nitrogen and oxygen atoms in total. The van der Waals surface area contributed by atoms with Crippen molar-refractivity contribution in [3.8, 4) is 0 Å². The zero-order valence-electron chi connectivity index (χ0n) is 8.94. The molecule has 82 valence electrons. The summed E-state index contributed by atoms with van der Waals surface area (Å²) in [6.45, 7) is 0. The molecular formula is C14H14FN. The summed E-state index contributed by atoms with van der Waals surface area (Å²) in [5.41, 5.74) is 8.03. The first kappa shape index (κ1) is 10.8. The summed E-state index contributed by atoms with van der Waals surface area (Å²) in [7, 11) is 0. The van der Waals surface area contributed by atoms with E-state index in [2.05, 4.69) is 0 Å². The van der Waals surface area contributed by atoms with Crippen LogP contribution >= 0.6 is 0 Å². The van der Waals surface area contributed by atoms with E-state index in [1.54, 1.807) is 6.07 Å². The molecular weight excluding hydrogens is 201 g/mol. The molecule has 0 aromatic heterocycles. The maximum atomic E-state index is 13.0. The van der Waals surface area contributed by atoms with E-state index in [4.69, 9.17) is 5.73 Å². The molecule has 0 unspecified atom stereocenters. The minimum Gasteiger partial charge on any atom is -0.324 e. The third-order valence-corrected chi connectivity index (χ3v) is 2.58. The van der Waals surface area contributed by atoms with Crippen LogP contribution < -0.4 is 5.73 Å². The Labute approximate surface area is 94.7 Å². The topological polar surface area (TPSA) is 26.0 Å². The molecule has 2 heteroatoms. The van der Waals surface area contributed by atoms with E-state index in [9.17, 15) is 4.39 Å². The molecule has 0 radical (unpaired) electrons. The molecule has 2 N–H and O–H groups in total. The summed E-state index contributed by atoms with van der Waals surface area (Å²) < 4.78 is 13.0. The molecule has 0 saturated carbocycles. The first-order chi connectivity index (χ1) is 7.75. The molecule has 2 aromatic rings. The van der Waals surface area contributed by atoms with Gasteiger partial charge < -0.3 is 5.73 Å². The van der Waals surface area contributed by atoms with Crippen molar-refractivity contribution in [1.82, 2.24) is 0 Å². The fourth-order valence-electron chi connectivity index (χ4n) is 1.72. The van der Waals surface area contributed by atoms with Crippen LogP contribution in [0.3, 0.4) is 0 Å². The van der Waals surface area contributed by atoms with E-state index in [0.29, 0.717) is 0 Å².